The van der Waals surface area contributed by atoms with Crippen LogP contribution in [0.5, 0.6) is 0 Å². The molecule has 0 spiro atoms. The minimum Gasteiger partial charge on any atom is -0.549 e. The molecule has 1 atom stereocenters. The molecule has 0 unspecified atom stereocenters. The van der Waals surface area contributed by atoms with Crippen LogP contribution < -0.4 is 5.11 Å². The molecule has 17 heavy (non-hydrogen) atoms. The maximum Gasteiger partial charge on any atom is 0.410 e. The second-order valence-corrected chi connectivity index (χ2v) is 5.85. The molecule has 98 valence electrons. The highest BCUT2D eigenvalue weighted by Gasteiger charge is 2.35. The van der Waals surface area contributed by atoms with E-state index in [-0.39, 0.29) is 6.54 Å². The lowest BCUT2D eigenvalue weighted by Gasteiger charge is -2.41. The number of piperidine rings is 1. The van der Waals surface area contributed by atoms with Crippen molar-refractivity contribution in [2.45, 2.75) is 46.1 Å². The van der Waals surface area contributed by atoms with Crippen molar-refractivity contribution < 1.29 is 19.4 Å². The van der Waals surface area contributed by atoms with Gasteiger partial charge < -0.3 is 19.5 Å². The van der Waals surface area contributed by atoms with Gasteiger partial charge in [-0.1, -0.05) is 6.92 Å². The zero-order valence-electron chi connectivity index (χ0n) is 10.9. The van der Waals surface area contributed by atoms with Crippen molar-refractivity contribution in [1.29, 1.82) is 0 Å². The van der Waals surface area contributed by atoms with Gasteiger partial charge in [-0.05, 0) is 33.6 Å². The van der Waals surface area contributed by atoms with Crippen LogP contribution in [0.2, 0.25) is 0 Å². The van der Waals surface area contributed by atoms with Gasteiger partial charge in [0, 0.05) is 24.5 Å². The number of likely N-dealkylation sites (tertiary alicyclic amines) is 1. The second-order valence-electron chi connectivity index (χ2n) is 5.85. The summed E-state index contributed by atoms with van der Waals surface area (Å²) in [5.74, 6) is -1.11. The SMILES string of the molecule is CC(C)(C)OC(=O)N1CCC[C@](C)(C(=O)[O-])C1. The number of amides is 1. The van der Waals surface area contributed by atoms with Crippen molar-refractivity contribution in [3.05, 3.63) is 0 Å². The normalized spacial score (nSPS) is 25.5. The maximum atomic E-state index is 11.8. The second kappa shape index (κ2) is 4.55. The fourth-order valence-corrected chi connectivity index (χ4v) is 1.89. The molecule has 1 aliphatic rings. The third-order valence-corrected chi connectivity index (χ3v) is 2.84. The number of aliphatic carboxylic acids is 1. The Morgan fingerprint density at radius 3 is 2.41 bits per heavy atom. The van der Waals surface area contributed by atoms with Crippen LogP contribution in [0.3, 0.4) is 0 Å². The summed E-state index contributed by atoms with van der Waals surface area (Å²) in [6.07, 6.45) is 0.739. The van der Waals surface area contributed by atoms with E-state index in [1.807, 2.05) is 0 Å². The highest BCUT2D eigenvalue weighted by molar-refractivity contribution is 5.75. The molecule has 5 heteroatoms. The number of carboxylic acids is 1. The van der Waals surface area contributed by atoms with Crippen molar-refractivity contribution in [3.63, 3.8) is 0 Å². The quantitative estimate of drug-likeness (QED) is 0.681. The molecule has 1 amide bonds. The monoisotopic (exact) mass is 242 g/mol. The van der Waals surface area contributed by atoms with Crippen molar-refractivity contribution in [3.8, 4) is 0 Å². The van der Waals surface area contributed by atoms with Crippen molar-refractivity contribution in [1.82, 2.24) is 4.90 Å². The number of hydrogen-bond donors (Lipinski definition) is 0. The Morgan fingerprint density at radius 1 is 1.35 bits per heavy atom. The lowest BCUT2D eigenvalue weighted by molar-refractivity contribution is -0.320. The van der Waals surface area contributed by atoms with Gasteiger partial charge in [0.2, 0.25) is 0 Å². The van der Waals surface area contributed by atoms with Crippen LogP contribution in [0.15, 0.2) is 0 Å². The van der Waals surface area contributed by atoms with Crippen molar-refractivity contribution >= 4 is 12.1 Å². The van der Waals surface area contributed by atoms with E-state index in [1.165, 1.54) is 4.90 Å². The molecule has 0 aromatic carbocycles. The minimum absolute atomic E-state index is 0.157. The highest BCUT2D eigenvalue weighted by Crippen LogP contribution is 2.29. The van der Waals surface area contributed by atoms with E-state index in [2.05, 4.69) is 0 Å². The molecule has 1 heterocycles. The lowest BCUT2D eigenvalue weighted by Crippen LogP contribution is -2.53. The van der Waals surface area contributed by atoms with E-state index in [1.54, 1.807) is 27.7 Å². The zero-order valence-corrected chi connectivity index (χ0v) is 10.9. The van der Waals surface area contributed by atoms with Crippen LogP contribution >= 0.6 is 0 Å². The number of carbonyl (C=O) groups is 2. The summed E-state index contributed by atoms with van der Waals surface area (Å²) in [6.45, 7) is 7.66. The average molecular weight is 242 g/mol. The van der Waals surface area contributed by atoms with E-state index in [4.69, 9.17) is 4.74 Å². The molecule has 5 nitrogen and oxygen atoms in total. The molecule has 1 aliphatic heterocycles. The Morgan fingerprint density at radius 2 is 1.94 bits per heavy atom. The largest absolute Gasteiger partial charge is 0.549 e. The molecule has 0 bridgehead atoms. The van der Waals surface area contributed by atoms with Gasteiger partial charge in [-0.3, -0.25) is 0 Å². The first-order chi connectivity index (χ1) is 7.64. The molecule has 0 aromatic heterocycles. The van der Waals surface area contributed by atoms with Crippen molar-refractivity contribution in [2.24, 2.45) is 5.41 Å². The maximum absolute atomic E-state index is 11.8. The van der Waals surface area contributed by atoms with Gasteiger partial charge in [-0.2, -0.15) is 0 Å². The number of ether oxygens (including phenoxy) is 1. The zero-order chi connectivity index (χ0) is 13.3. The Labute approximate surface area is 102 Å². The van der Waals surface area contributed by atoms with Gasteiger partial charge in [-0.15, -0.1) is 0 Å². The van der Waals surface area contributed by atoms with E-state index < -0.39 is 23.1 Å². The Bertz CT molecular complexity index is 321. The van der Waals surface area contributed by atoms with Crippen LogP contribution in [-0.2, 0) is 9.53 Å². The van der Waals surface area contributed by atoms with Crippen LogP contribution in [0.4, 0.5) is 4.79 Å². The third-order valence-electron chi connectivity index (χ3n) is 2.84. The van der Waals surface area contributed by atoms with Gasteiger partial charge in [0.1, 0.15) is 5.60 Å². The van der Waals surface area contributed by atoms with Crippen LogP contribution in [0, 0.1) is 5.41 Å². The van der Waals surface area contributed by atoms with Gasteiger partial charge in [0.15, 0.2) is 0 Å². The van der Waals surface area contributed by atoms with E-state index in [0.717, 1.165) is 0 Å². The first-order valence-electron chi connectivity index (χ1n) is 5.83. The van der Waals surface area contributed by atoms with Crippen LogP contribution in [-0.4, -0.2) is 35.7 Å². The van der Waals surface area contributed by atoms with Crippen LogP contribution in [0.25, 0.3) is 0 Å². The standard InChI is InChI=1S/C12H21NO4/c1-11(2,3)17-10(16)13-7-5-6-12(4,8-13)9(14)15/h5-8H2,1-4H3,(H,14,15)/p-1/t12-/m0/s1. The topological polar surface area (TPSA) is 69.7 Å². The summed E-state index contributed by atoms with van der Waals surface area (Å²) in [6, 6.07) is 0. The Kier molecular flexibility index (Phi) is 3.69. The summed E-state index contributed by atoms with van der Waals surface area (Å²) in [5, 5.41) is 11.0. The van der Waals surface area contributed by atoms with E-state index in [9.17, 15) is 14.7 Å². The number of nitrogens with zero attached hydrogens (tertiary/aromatic N) is 1. The number of rotatable bonds is 1. The molecule has 1 fully saturated rings. The van der Waals surface area contributed by atoms with Crippen molar-refractivity contribution in [2.75, 3.05) is 13.1 Å². The summed E-state index contributed by atoms with van der Waals surface area (Å²) >= 11 is 0. The van der Waals surface area contributed by atoms with Gasteiger partial charge >= 0.3 is 6.09 Å². The summed E-state index contributed by atoms with van der Waals surface area (Å²) in [5.41, 5.74) is -1.53. The molecule has 0 N–H and O–H groups in total. The first-order valence-corrected chi connectivity index (χ1v) is 5.83. The number of carbonyl (C=O) groups excluding carboxylic acids is 2. The van der Waals surface area contributed by atoms with Crippen LogP contribution in [0.1, 0.15) is 40.5 Å². The molecule has 0 radical (unpaired) electrons. The van der Waals surface area contributed by atoms with Gasteiger partial charge in [0.25, 0.3) is 0 Å². The smallest absolute Gasteiger partial charge is 0.410 e. The number of carboxylic acid groups (broad SMARTS) is 1. The van der Waals surface area contributed by atoms with Gasteiger partial charge in [-0.25, -0.2) is 4.79 Å². The Balaban J connectivity index is 2.67. The predicted octanol–water partition coefficient (Wildman–Crippen LogP) is 0.773. The molecular formula is C12H20NO4-. The molecule has 1 saturated heterocycles. The molecular weight excluding hydrogens is 222 g/mol. The molecule has 0 aliphatic carbocycles. The van der Waals surface area contributed by atoms with Gasteiger partial charge in [0.05, 0.1) is 0 Å². The first kappa shape index (κ1) is 13.8. The summed E-state index contributed by atoms with van der Waals surface area (Å²) in [7, 11) is 0. The minimum atomic E-state index is -1.11. The fourth-order valence-electron chi connectivity index (χ4n) is 1.89. The lowest BCUT2D eigenvalue weighted by atomic mass is 9.82. The Hall–Kier alpha value is -1.26. The molecule has 1 rings (SSSR count). The summed E-state index contributed by atoms with van der Waals surface area (Å²) in [4.78, 5) is 24.3. The molecule has 0 aromatic rings. The number of hydrogen-bond acceptors (Lipinski definition) is 4. The predicted molar refractivity (Wildman–Crippen MR) is 60.2 cm³/mol. The molecule has 0 saturated carbocycles. The highest BCUT2D eigenvalue weighted by atomic mass is 16.6. The summed E-state index contributed by atoms with van der Waals surface area (Å²) < 4.78 is 5.22. The third kappa shape index (κ3) is 3.61. The van der Waals surface area contributed by atoms with E-state index >= 15 is 0 Å². The average Bonchev–Trinajstić information content (AvgIpc) is 2.15. The fraction of sp³-hybridized carbons (Fsp3) is 0.833. The van der Waals surface area contributed by atoms with E-state index in [0.29, 0.717) is 19.4 Å².